The van der Waals surface area contributed by atoms with E-state index in [1.54, 1.807) is 0 Å². The second kappa shape index (κ2) is 4.30. The van der Waals surface area contributed by atoms with Crippen LogP contribution in [0.5, 0.6) is 0 Å². The number of aliphatic hydroxyl groups excluding tert-OH is 3. The van der Waals surface area contributed by atoms with E-state index in [-0.39, 0.29) is 26.4 Å². The number of hydrogen-bond donors (Lipinski definition) is 3. The molecule has 0 radical (unpaired) electrons. The Bertz CT molecular complexity index is 156. The molecule has 0 aromatic carbocycles. The first kappa shape index (κ1) is 10.1. The van der Waals surface area contributed by atoms with Crippen LogP contribution < -0.4 is 0 Å². The van der Waals surface area contributed by atoms with Gasteiger partial charge in [-0.2, -0.15) is 0 Å². The van der Waals surface area contributed by atoms with E-state index in [2.05, 4.69) is 5.18 Å². The quantitative estimate of drug-likeness (QED) is 0.413. The van der Waals surface area contributed by atoms with E-state index in [0.717, 1.165) is 0 Å². The molecule has 0 bridgehead atoms. The van der Waals surface area contributed by atoms with Gasteiger partial charge in [0.05, 0.1) is 0 Å². The molecule has 5 nitrogen and oxygen atoms in total. The first-order chi connectivity index (χ1) is 5.69. The van der Waals surface area contributed by atoms with Crippen molar-refractivity contribution in [2.24, 2.45) is 5.18 Å². The molecule has 1 aliphatic rings. The van der Waals surface area contributed by atoms with Gasteiger partial charge in [-0.05, 0) is 0 Å². The molecular weight excluding hydrogens is 229 g/mol. The van der Waals surface area contributed by atoms with Crippen LogP contribution in [0.25, 0.3) is 0 Å². The van der Waals surface area contributed by atoms with Crippen LogP contribution in [0.3, 0.4) is 0 Å². The van der Waals surface area contributed by atoms with Crippen molar-refractivity contribution in [3.63, 3.8) is 0 Å². The van der Waals surface area contributed by atoms with Gasteiger partial charge in [-0.3, -0.25) is 0 Å². The molecule has 1 aliphatic heterocycles. The van der Waals surface area contributed by atoms with Crippen LogP contribution in [-0.4, -0.2) is 54.0 Å². The van der Waals surface area contributed by atoms with E-state index >= 15 is 0 Å². The van der Waals surface area contributed by atoms with Crippen LogP contribution in [0, 0.1) is 4.91 Å². The number of rotatable bonds is 2. The zero-order valence-corrected chi connectivity index (χ0v) is 8.04. The third-order valence-electron chi connectivity index (χ3n) is 1.85. The molecule has 0 aromatic rings. The molecule has 0 amide bonds. The summed E-state index contributed by atoms with van der Waals surface area (Å²) in [6.07, 6.45) is -0.533. The minimum atomic E-state index is -0.898. The van der Waals surface area contributed by atoms with Gasteiger partial charge in [0.15, 0.2) is 0 Å². The average molecular weight is 240 g/mol. The van der Waals surface area contributed by atoms with Crippen molar-refractivity contribution in [3.05, 3.63) is 4.91 Å². The first-order valence-corrected chi connectivity index (χ1v) is 5.61. The standard InChI is InChI=1S/C6H11NO4Se/c8-2-3-1-4(9)5(7-11)6(10)12-3/h3-6,8-10H,1-2H2. The molecule has 0 aromatic heterocycles. The summed E-state index contributed by atoms with van der Waals surface area (Å²) in [6, 6.07) is -0.896. The van der Waals surface area contributed by atoms with Gasteiger partial charge in [-0.25, -0.2) is 0 Å². The van der Waals surface area contributed by atoms with Crippen LogP contribution in [0.4, 0.5) is 0 Å². The van der Waals surface area contributed by atoms with Crippen molar-refractivity contribution in [2.45, 2.75) is 28.4 Å². The Labute approximate surface area is 75.9 Å². The Morgan fingerprint density at radius 3 is 2.58 bits per heavy atom. The van der Waals surface area contributed by atoms with Crippen molar-refractivity contribution >= 4 is 15.0 Å². The summed E-state index contributed by atoms with van der Waals surface area (Å²) in [5.41, 5.74) is 0. The van der Waals surface area contributed by atoms with Gasteiger partial charge < -0.3 is 0 Å². The molecular formula is C6H11NO4Se. The third-order valence-corrected chi connectivity index (χ3v) is 4.54. The van der Waals surface area contributed by atoms with Crippen molar-refractivity contribution in [3.8, 4) is 0 Å². The fraction of sp³-hybridized carbons (Fsp3) is 1.00. The van der Waals surface area contributed by atoms with E-state index in [1.807, 2.05) is 0 Å². The summed E-state index contributed by atoms with van der Waals surface area (Å²) in [5.74, 6) is 0. The van der Waals surface area contributed by atoms with Crippen LogP contribution in [0.2, 0.25) is 4.82 Å². The Morgan fingerprint density at radius 2 is 2.17 bits per heavy atom. The summed E-state index contributed by atoms with van der Waals surface area (Å²) in [6.45, 7) is -0.0420. The average Bonchev–Trinajstić information content (AvgIpc) is 2.03. The van der Waals surface area contributed by atoms with Gasteiger partial charge >= 0.3 is 75.4 Å². The normalized spacial score (nSPS) is 42.6. The SMILES string of the molecule is O=NC1C(O)CC(CO)[Se]C1O. The maximum atomic E-state index is 10.2. The Kier molecular flexibility index (Phi) is 3.61. The Hall–Kier alpha value is -0.000519. The molecule has 1 saturated heterocycles. The molecule has 12 heavy (non-hydrogen) atoms. The van der Waals surface area contributed by atoms with Gasteiger partial charge in [0.2, 0.25) is 0 Å². The molecule has 1 heterocycles. The predicted molar refractivity (Wildman–Crippen MR) is 42.8 cm³/mol. The van der Waals surface area contributed by atoms with Gasteiger partial charge in [0.1, 0.15) is 0 Å². The molecule has 70 valence electrons. The number of hydrogen-bond acceptors (Lipinski definition) is 5. The second-order valence-electron chi connectivity index (χ2n) is 2.73. The molecule has 1 rings (SSSR count). The monoisotopic (exact) mass is 241 g/mol. The summed E-state index contributed by atoms with van der Waals surface area (Å²) < 4.78 is 0. The van der Waals surface area contributed by atoms with Gasteiger partial charge in [-0.15, -0.1) is 0 Å². The van der Waals surface area contributed by atoms with Crippen molar-refractivity contribution in [1.29, 1.82) is 0 Å². The van der Waals surface area contributed by atoms with E-state index in [4.69, 9.17) is 5.11 Å². The van der Waals surface area contributed by atoms with Crippen molar-refractivity contribution in [1.82, 2.24) is 0 Å². The summed E-state index contributed by atoms with van der Waals surface area (Å²) in [4.78, 5) is 10.1. The predicted octanol–water partition coefficient (Wildman–Crippen LogP) is -1.31. The third kappa shape index (κ3) is 2.02. The van der Waals surface area contributed by atoms with Gasteiger partial charge in [-0.1, -0.05) is 0 Å². The molecule has 0 aliphatic carbocycles. The van der Waals surface area contributed by atoms with Crippen LogP contribution in [0.15, 0.2) is 5.18 Å². The molecule has 3 N–H and O–H groups in total. The maximum absolute atomic E-state index is 10.2. The van der Waals surface area contributed by atoms with Crippen molar-refractivity contribution in [2.75, 3.05) is 6.61 Å². The number of nitroso groups, excluding NO2 is 1. The second-order valence-corrected chi connectivity index (χ2v) is 5.71. The van der Waals surface area contributed by atoms with Crippen LogP contribution >= 0.6 is 0 Å². The molecule has 1 fully saturated rings. The zero-order valence-electron chi connectivity index (χ0n) is 6.33. The topological polar surface area (TPSA) is 90.1 Å². The molecule has 0 spiro atoms. The summed E-state index contributed by atoms with van der Waals surface area (Å²) in [7, 11) is 0. The van der Waals surface area contributed by atoms with E-state index < -0.39 is 17.1 Å². The fourth-order valence-corrected chi connectivity index (χ4v) is 3.65. The Morgan fingerprint density at radius 1 is 1.50 bits per heavy atom. The fourth-order valence-electron chi connectivity index (χ4n) is 1.17. The van der Waals surface area contributed by atoms with Crippen LogP contribution in [0.1, 0.15) is 6.42 Å². The first-order valence-electron chi connectivity index (χ1n) is 3.64. The van der Waals surface area contributed by atoms with E-state index in [0.29, 0.717) is 6.42 Å². The van der Waals surface area contributed by atoms with Crippen LogP contribution in [-0.2, 0) is 0 Å². The van der Waals surface area contributed by atoms with Gasteiger partial charge in [0, 0.05) is 0 Å². The number of nitrogens with zero attached hydrogens (tertiary/aromatic N) is 1. The molecule has 4 unspecified atom stereocenters. The summed E-state index contributed by atoms with van der Waals surface area (Å²) in [5, 5.41) is 29.2. The Balaban J connectivity index is 2.56. The van der Waals surface area contributed by atoms with Gasteiger partial charge in [0.25, 0.3) is 0 Å². The molecule has 0 saturated carbocycles. The summed E-state index contributed by atoms with van der Waals surface area (Å²) >= 11 is -0.216. The number of aliphatic hydroxyl groups is 3. The van der Waals surface area contributed by atoms with E-state index in [9.17, 15) is 15.1 Å². The molecule has 6 heteroatoms. The molecule has 4 atom stereocenters. The zero-order chi connectivity index (χ0) is 9.14. The minimum absolute atomic E-state index is 0.0420. The van der Waals surface area contributed by atoms with Crippen molar-refractivity contribution < 1.29 is 15.3 Å². The van der Waals surface area contributed by atoms with E-state index in [1.165, 1.54) is 0 Å².